The van der Waals surface area contributed by atoms with Crippen LogP contribution in [-0.4, -0.2) is 61.8 Å². The zero-order valence-electron chi connectivity index (χ0n) is 14.9. The molecule has 7 nitrogen and oxygen atoms in total. The van der Waals surface area contributed by atoms with Crippen molar-refractivity contribution in [3.8, 4) is 5.75 Å². The quantitative estimate of drug-likeness (QED) is 0.902. The highest BCUT2D eigenvalue weighted by molar-refractivity contribution is 5.96. The minimum Gasteiger partial charge on any atom is -0.497 e. The molecule has 0 aliphatic carbocycles. The van der Waals surface area contributed by atoms with Gasteiger partial charge < -0.3 is 24.6 Å². The Kier molecular flexibility index (Phi) is 5.13. The van der Waals surface area contributed by atoms with E-state index in [0.29, 0.717) is 26.1 Å². The molecule has 7 heteroatoms. The monoisotopic (exact) mass is 347 g/mol. The first-order chi connectivity index (χ1) is 12.0. The summed E-state index contributed by atoms with van der Waals surface area (Å²) in [5.74, 6) is 0.759. The number of hydrogen-bond donors (Lipinski definition) is 1. The first kappa shape index (κ1) is 17.5. The number of rotatable bonds is 3. The number of hydrogen-bond acceptors (Lipinski definition) is 4. The second-order valence-electron chi connectivity index (χ2n) is 6.72. The van der Waals surface area contributed by atoms with Gasteiger partial charge in [0.05, 0.1) is 25.4 Å². The Morgan fingerprint density at radius 2 is 1.80 bits per heavy atom. The van der Waals surface area contributed by atoms with Gasteiger partial charge in [0.15, 0.2) is 0 Å². The van der Waals surface area contributed by atoms with Crippen LogP contribution in [0.1, 0.15) is 20.3 Å². The zero-order valence-corrected chi connectivity index (χ0v) is 14.9. The summed E-state index contributed by atoms with van der Waals surface area (Å²) < 4.78 is 10.8. The van der Waals surface area contributed by atoms with Crippen molar-refractivity contribution >= 4 is 17.6 Å². The molecule has 0 bridgehead atoms. The molecule has 2 aliphatic rings. The maximum absolute atomic E-state index is 12.5. The van der Waals surface area contributed by atoms with Gasteiger partial charge in [-0.25, -0.2) is 4.79 Å². The molecule has 2 heterocycles. The van der Waals surface area contributed by atoms with Crippen LogP contribution in [-0.2, 0) is 9.53 Å². The van der Waals surface area contributed by atoms with Crippen LogP contribution in [0.15, 0.2) is 24.3 Å². The Bertz CT molecular complexity index is 624. The fraction of sp³-hybridized carbons (Fsp3) is 0.556. The highest BCUT2D eigenvalue weighted by Gasteiger charge is 2.34. The minimum atomic E-state index is -0.185. The molecule has 1 N–H and O–H groups in total. The van der Waals surface area contributed by atoms with Gasteiger partial charge in [0.1, 0.15) is 5.75 Å². The Morgan fingerprint density at radius 3 is 2.40 bits per heavy atom. The summed E-state index contributed by atoms with van der Waals surface area (Å²) in [6.07, 6.45) is 0.360. The van der Waals surface area contributed by atoms with Crippen molar-refractivity contribution in [2.75, 3.05) is 31.6 Å². The number of carbonyl (C=O) groups excluding carboxylic acids is 2. The highest BCUT2D eigenvalue weighted by atomic mass is 16.5. The fourth-order valence-corrected chi connectivity index (χ4v) is 3.43. The van der Waals surface area contributed by atoms with Crippen molar-refractivity contribution in [2.45, 2.75) is 38.5 Å². The van der Waals surface area contributed by atoms with Crippen molar-refractivity contribution in [1.29, 1.82) is 0 Å². The molecular weight excluding hydrogens is 322 g/mol. The molecule has 1 aromatic carbocycles. The lowest BCUT2D eigenvalue weighted by Crippen LogP contribution is -2.53. The van der Waals surface area contributed by atoms with E-state index in [2.05, 4.69) is 5.32 Å². The molecule has 2 fully saturated rings. The smallest absolute Gasteiger partial charge is 0.317 e. The predicted molar refractivity (Wildman–Crippen MR) is 93.9 cm³/mol. The molecule has 2 saturated heterocycles. The molecule has 136 valence electrons. The molecule has 3 amide bonds. The van der Waals surface area contributed by atoms with Crippen LogP contribution >= 0.6 is 0 Å². The van der Waals surface area contributed by atoms with Gasteiger partial charge in [-0.2, -0.15) is 0 Å². The third-order valence-electron chi connectivity index (χ3n) is 4.54. The second-order valence-corrected chi connectivity index (χ2v) is 6.72. The van der Waals surface area contributed by atoms with E-state index < -0.39 is 0 Å². The average Bonchev–Trinajstić information content (AvgIpc) is 2.94. The van der Waals surface area contributed by atoms with E-state index >= 15 is 0 Å². The van der Waals surface area contributed by atoms with Crippen molar-refractivity contribution in [2.24, 2.45) is 0 Å². The van der Waals surface area contributed by atoms with Crippen molar-refractivity contribution in [3.05, 3.63) is 24.3 Å². The summed E-state index contributed by atoms with van der Waals surface area (Å²) in [5, 5.41) is 2.99. The van der Waals surface area contributed by atoms with Gasteiger partial charge in [-0.1, -0.05) is 0 Å². The maximum Gasteiger partial charge on any atom is 0.317 e. The number of carbonyl (C=O) groups is 2. The molecule has 1 aromatic rings. The zero-order chi connectivity index (χ0) is 18.0. The van der Waals surface area contributed by atoms with Gasteiger partial charge in [0.2, 0.25) is 5.91 Å². The normalized spacial score (nSPS) is 26.7. The number of urea groups is 1. The third-order valence-corrected chi connectivity index (χ3v) is 4.54. The summed E-state index contributed by atoms with van der Waals surface area (Å²) in [7, 11) is 1.61. The lowest BCUT2D eigenvalue weighted by molar-refractivity contribution is -0.117. The number of anilines is 1. The average molecular weight is 347 g/mol. The lowest BCUT2D eigenvalue weighted by Gasteiger charge is -2.35. The van der Waals surface area contributed by atoms with Crippen LogP contribution in [0.3, 0.4) is 0 Å². The van der Waals surface area contributed by atoms with E-state index in [9.17, 15) is 9.59 Å². The van der Waals surface area contributed by atoms with Gasteiger partial charge in [0.25, 0.3) is 0 Å². The second kappa shape index (κ2) is 7.31. The molecule has 0 unspecified atom stereocenters. The summed E-state index contributed by atoms with van der Waals surface area (Å²) in [5.41, 5.74) is 0.816. The van der Waals surface area contributed by atoms with Crippen molar-refractivity contribution in [3.63, 3.8) is 0 Å². The van der Waals surface area contributed by atoms with Gasteiger partial charge in [-0.3, -0.25) is 4.79 Å². The number of benzene rings is 1. The molecule has 0 spiro atoms. The summed E-state index contributed by atoms with van der Waals surface area (Å²) in [4.78, 5) is 28.3. The highest BCUT2D eigenvalue weighted by Crippen LogP contribution is 2.24. The third kappa shape index (κ3) is 4.04. The van der Waals surface area contributed by atoms with E-state index in [1.165, 1.54) is 0 Å². The predicted octanol–water partition coefficient (Wildman–Crippen LogP) is 1.62. The molecule has 0 aromatic heterocycles. The summed E-state index contributed by atoms with van der Waals surface area (Å²) >= 11 is 0. The summed E-state index contributed by atoms with van der Waals surface area (Å²) in [6.45, 7) is 5.53. The van der Waals surface area contributed by atoms with Crippen molar-refractivity contribution < 1.29 is 19.1 Å². The molecule has 3 atom stereocenters. The number of methoxy groups -OCH3 is 1. The number of nitrogens with zero attached hydrogens (tertiary/aromatic N) is 2. The van der Waals surface area contributed by atoms with E-state index in [4.69, 9.17) is 9.47 Å². The van der Waals surface area contributed by atoms with Crippen LogP contribution in [0.25, 0.3) is 0 Å². The van der Waals surface area contributed by atoms with E-state index in [1.807, 2.05) is 38.1 Å². The molecular formula is C18H25N3O4. The Hall–Kier alpha value is -2.28. The Labute approximate surface area is 147 Å². The maximum atomic E-state index is 12.5. The van der Waals surface area contributed by atoms with Gasteiger partial charge in [-0.05, 0) is 38.1 Å². The van der Waals surface area contributed by atoms with Gasteiger partial charge in [0, 0.05) is 31.7 Å². The van der Waals surface area contributed by atoms with Gasteiger partial charge in [-0.15, -0.1) is 0 Å². The Balaban J connectivity index is 1.59. The van der Waals surface area contributed by atoms with Crippen LogP contribution in [0, 0.1) is 0 Å². The topological polar surface area (TPSA) is 71.1 Å². The number of amides is 3. The molecule has 0 radical (unpaired) electrons. The first-order valence-corrected chi connectivity index (χ1v) is 8.61. The van der Waals surface area contributed by atoms with Crippen LogP contribution in [0.5, 0.6) is 5.75 Å². The SMILES string of the molecule is COc1ccc(N2C[C@H](NC(=O)N3C[C@H](C)O[C@@H](C)C3)CC2=O)cc1. The van der Waals surface area contributed by atoms with Crippen LogP contribution in [0.2, 0.25) is 0 Å². The van der Waals surface area contributed by atoms with E-state index in [1.54, 1.807) is 16.9 Å². The Morgan fingerprint density at radius 1 is 1.16 bits per heavy atom. The lowest BCUT2D eigenvalue weighted by atomic mass is 10.2. The molecule has 2 aliphatic heterocycles. The standard InChI is InChI=1S/C18H25N3O4/c1-12-9-20(10-13(2)25-12)18(23)19-14-8-17(22)21(11-14)15-4-6-16(24-3)7-5-15/h4-7,12-14H,8-11H2,1-3H3,(H,19,23)/t12-,13-,14+/m0/s1. The van der Waals surface area contributed by atoms with E-state index in [-0.39, 0.29) is 30.2 Å². The largest absolute Gasteiger partial charge is 0.497 e. The van der Waals surface area contributed by atoms with Gasteiger partial charge >= 0.3 is 6.03 Å². The summed E-state index contributed by atoms with van der Waals surface area (Å²) in [6, 6.07) is 7.04. The van der Waals surface area contributed by atoms with Crippen molar-refractivity contribution in [1.82, 2.24) is 10.2 Å². The van der Waals surface area contributed by atoms with Crippen LogP contribution < -0.4 is 15.0 Å². The number of morpholine rings is 1. The fourth-order valence-electron chi connectivity index (χ4n) is 3.43. The molecule has 25 heavy (non-hydrogen) atoms. The van der Waals surface area contributed by atoms with E-state index in [0.717, 1.165) is 11.4 Å². The number of nitrogens with one attached hydrogen (secondary N) is 1. The first-order valence-electron chi connectivity index (χ1n) is 8.61. The minimum absolute atomic E-state index is 0.0131. The number of ether oxygens (including phenoxy) is 2. The molecule has 0 saturated carbocycles. The molecule has 3 rings (SSSR count). The van der Waals surface area contributed by atoms with Crippen LogP contribution in [0.4, 0.5) is 10.5 Å².